The molecule has 0 aliphatic rings. The summed E-state index contributed by atoms with van der Waals surface area (Å²) < 4.78 is 15.1. The second-order valence-electron chi connectivity index (χ2n) is 3.09. The van der Waals surface area contributed by atoms with Crippen LogP contribution >= 0.6 is 0 Å². The van der Waals surface area contributed by atoms with E-state index in [4.69, 9.17) is 5.73 Å². The van der Waals surface area contributed by atoms with Gasteiger partial charge in [0, 0.05) is 12.7 Å². The van der Waals surface area contributed by atoms with Crippen molar-refractivity contribution in [3.8, 4) is 0 Å². The zero-order valence-corrected chi connectivity index (χ0v) is 7.50. The van der Waals surface area contributed by atoms with Crippen molar-refractivity contribution in [2.24, 2.45) is 7.05 Å². The number of anilines is 1. The van der Waals surface area contributed by atoms with Gasteiger partial charge < -0.3 is 10.3 Å². The van der Waals surface area contributed by atoms with Gasteiger partial charge in [-0.2, -0.15) is 0 Å². The fourth-order valence-corrected chi connectivity index (χ4v) is 1.38. The van der Waals surface area contributed by atoms with E-state index in [9.17, 15) is 4.39 Å². The van der Waals surface area contributed by atoms with Gasteiger partial charge in [0.25, 0.3) is 0 Å². The third-order valence-corrected chi connectivity index (χ3v) is 2.19. The largest absolute Gasteiger partial charge is 0.399 e. The molecule has 2 N–H and O–H groups in total. The van der Waals surface area contributed by atoms with Crippen LogP contribution in [0.3, 0.4) is 0 Å². The van der Waals surface area contributed by atoms with Gasteiger partial charge in [-0.3, -0.25) is 0 Å². The molecule has 2 aromatic rings. The molecule has 0 unspecified atom stereocenters. The molecule has 0 spiro atoms. The lowest BCUT2D eigenvalue weighted by Gasteiger charge is -1.98. The first-order chi connectivity index (χ1) is 6.09. The molecule has 0 amide bonds. The number of imidazole rings is 1. The van der Waals surface area contributed by atoms with Crippen LogP contribution in [0.1, 0.15) is 5.82 Å². The zero-order chi connectivity index (χ0) is 9.59. The molecule has 0 aliphatic heterocycles. The summed E-state index contributed by atoms with van der Waals surface area (Å²) in [4.78, 5) is 4.09. The Morgan fingerprint density at radius 2 is 2.15 bits per heavy atom. The predicted molar refractivity (Wildman–Crippen MR) is 49.8 cm³/mol. The van der Waals surface area contributed by atoms with Crippen molar-refractivity contribution in [3.05, 3.63) is 23.8 Å². The second kappa shape index (κ2) is 2.45. The predicted octanol–water partition coefficient (Wildman–Crippen LogP) is 1.60. The highest BCUT2D eigenvalue weighted by atomic mass is 19.1. The number of benzene rings is 1. The molecule has 3 nitrogen and oxygen atoms in total. The Balaban J connectivity index is 2.94. The highest BCUT2D eigenvalue weighted by molar-refractivity contribution is 5.80. The van der Waals surface area contributed by atoms with Crippen LogP contribution in [-0.4, -0.2) is 9.55 Å². The quantitative estimate of drug-likeness (QED) is 0.624. The second-order valence-corrected chi connectivity index (χ2v) is 3.09. The monoisotopic (exact) mass is 179 g/mol. The smallest absolute Gasteiger partial charge is 0.153 e. The Morgan fingerprint density at radius 3 is 2.85 bits per heavy atom. The maximum atomic E-state index is 13.3. The number of nitrogens with two attached hydrogens (primary N) is 1. The molecule has 0 saturated carbocycles. The minimum Gasteiger partial charge on any atom is -0.399 e. The average Bonchev–Trinajstić information content (AvgIpc) is 2.32. The summed E-state index contributed by atoms with van der Waals surface area (Å²) in [5, 5.41) is 0. The molecule has 68 valence electrons. The number of hydrogen-bond donors (Lipinski definition) is 1. The Hall–Kier alpha value is -1.58. The maximum absolute atomic E-state index is 13.3. The number of fused-ring (bicyclic) bond motifs is 1. The number of aromatic nitrogens is 2. The first kappa shape index (κ1) is 8.04. The summed E-state index contributed by atoms with van der Waals surface area (Å²) in [7, 11) is 1.84. The summed E-state index contributed by atoms with van der Waals surface area (Å²) in [5.74, 6) is 0.415. The van der Waals surface area contributed by atoms with E-state index in [1.54, 1.807) is 6.07 Å². The van der Waals surface area contributed by atoms with E-state index in [0.29, 0.717) is 11.2 Å². The van der Waals surface area contributed by atoms with Gasteiger partial charge in [0.2, 0.25) is 0 Å². The van der Waals surface area contributed by atoms with Gasteiger partial charge in [-0.1, -0.05) is 0 Å². The molecule has 2 rings (SSSR count). The summed E-state index contributed by atoms with van der Waals surface area (Å²) in [6.45, 7) is 1.83. The molecule has 0 atom stereocenters. The zero-order valence-electron chi connectivity index (χ0n) is 7.50. The number of nitrogen functional groups attached to an aromatic ring is 1. The summed E-state index contributed by atoms with van der Waals surface area (Å²) in [6.07, 6.45) is 0. The van der Waals surface area contributed by atoms with Gasteiger partial charge in [-0.25, -0.2) is 9.37 Å². The lowest BCUT2D eigenvalue weighted by atomic mass is 10.2. The van der Waals surface area contributed by atoms with Crippen LogP contribution in [0, 0.1) is 12.7 Å². The van der Waals surface area contributed by atoms with Crippen molar-refractivity contribution >= 4 is 16.7 Å². The molecular weight excluding hydrogens is 169 g/mol. The summed E-state index contributed by atoms with van der Waals surface area (Å²) in [5.41, 5.74) is 7.06. The third-order valence-electron chi connectivity index (χ3n) is 2.19. The van der Waals surface area contributed by atoms with E-state index >= 15 is 0 Å². The molecule has 1 aromatic heterocycles. The Bertz CT molecular complexity index is 473. The maximum Gasteiger partial charge on any atom is 0.153 e. The van der Waals surface area contributed by atoms with E-state index in [1.807, 2.05) is 18.5 Å². The van der Waals surface area contributed by atoms with Gasteiger partial charge in [-0.15, -0.1) is 0 Å². The van der Waals surface area contributed by atoms with E-state index in [0.717, 1.165) is 11.3 Å². The van der Waals surface area contributed by atoms with E-state index in [2.05, 4.69) is 4.98 Å². The highest BCUT2D eigenvalue weighted by Crippen LogP contribution is 2.20. The number of rotatable bonds is 0. The van der Waals surface area contributed by atoms with Crippen LogP contribution in [0.2, 0.25) is 0 Å². The van der Waals surface area contributed by atoms with E-state index in [1.165, 1.54) is 6.07 Å². The van der Waals surface area contributed by atoms with Crippen LogP contribution in [0.4, 0.5) is 10.1 Å². The molecule has 0 bridgehead atoms. The molecule has 1 heterocycles. The number of hydrogen-bond acceptors (Lipinski definition) is 2. The lowest BCUT2D eigenvalue weighted by molar-refractivity contribution is 0.637. The van der Waals surface area contributed by atoms with Gasteiger partial charge in [-0.05, 0) is 19.1 Å². The molecule has 4 heteroatoms. The van der Waals surface area contributed by atoms with Crippen molar-refractivity contribution in [2.45, 2.75) is 6.92 Å². The van der Waals surface area contributed by atoms with Crippen molar-refractivity contribution in [1.82, 2.24) is 9.55 Å². The minimum absolute atomic E-state index is 0.362. The van der Waals surface area contributed by atoms with Crippen molar-refractivity contribution < 1.29 is 4.39 Å². The van der Waals surface area contributed by atoms with Gasteiger partial charge in [0.15, 0.2) is 5.82 Å². The van der Waals surface area contributed by atoms with Crippen LogP contribution in [0.15, 0.2) is 12.1 Å². The normalized spacial score (nSPS) is 11.0. The summed E-state index contributed by atoms with van der Waals surface area (Å²) in [6, 6.07) is 3.01. The van der Waals surface area contributed by atoms with Crippen LogP contribution in [0.5, 0.6) is 0 Å². The molecule has 0 radical (unpaired) electrons. The third kappa shape index (κ3) is 1.06. The number of aryl methyl sites for hydroxylation is 2. The molecule has 0 saturated heterocycles. The van der Waals surface area contributed by atoms with Crippen molar-refractivity contribution in [1.29, 1.82) is 0 Å². The van der Waals surface area contributed by atoms with Gasteiger partial charge >= 0.3 is 0 Å². The Morgan fingerprint density at radius 1 is 1.46 bits per heavy atom. The fraction of sp³-hybridized carbons (Fsp3) is 0.222. The molecule has 0 fully saturated rings. The molecule has 13 heavy (non-hydrogen) atoms. The molecular formula is C9H10FN3. The van der Waals surface area contributed by atoms with Crippen LogP contribution in [-0.2, 0) is 7.05 Å². The first-order valence-electron chi connectivity index (χ1n) is 3.97. The fourth-order valence-electron chi connectivity index (χ4n) is 1.38. The molecule has 0 aliphatic carbocycles. The Kier molecular flexibility index (Phi) is 1.52. The topological polar surface area (TPSA) is 43.8 Å². The molecule has 1 aromatic carbocycles. The van der Waals surface area contributed by atoms with E-state index in [-0.39, 0.29) is 5.82 Å². The minimum atomic E-state index is -0.362. The Labute approximate surface area is 75.0 Å². The standard InChI is InChI=1S/C9H10FN3/c1-5-12-9-7(10)3-6(11)4-8(9)13(5)2/h3-4H,11H2,1-2H3. The van der Waals surface area contributed by atoms with Gasteiger partial charge in [0.1, 0.15) is 11.3 Å². The van der Waals surface area contributed by atoms with Crippen molar-refractivity contribution in [2.75, 3.05) is 5.73 Å². The number of nitrogens with zero attached hydrogens (tertiary/aromatic N) is 2. The highest BCUT2D eigenvalue weighted by Gasteiger charge is 2.09. The van der Waals surface area contributed by atoms with Gasteiger partial charge in [0.05, 0.1) is 5.52 Å². The van der Waals surface area contributed by atoms with Crippen LogP contribution in [0.25, 0.3) is 11.0 Å². The lowest BCUT2D eigenvalue weighted by Crippen LogP contribution is -1.92. The average molecular weight is 179 g/mol. The number of halogens is 1. The van der Waals surface area contributed by atoms with E-state index < -0.39 is 0 Å². The SMILES string of the molecule is Cc1nc2c(F)cc(N)cc2n1C. The van der Waals surface area contributed by atoms with Crippen molar-refractivity contribution in [3.63, 3.8) is 0 Å². The first-order valence-corrected chi connectivity index (χ1v) is 3.97. The van der Waals surface area contributed by atoms with Crippen LogP contribution < -0.4 is 5.73 Å². The summed E-state index contributed by atoms with van der Waals surface area (Å²) >= 11 is 0.